The van der Waals surface area contributed by atoms with Gasteiger partial charge in [-0.05, 0) is 36.1 Å². The number of hydrogen-bond acceptors (Lipinski definition) is 4. The third-order valence-corrected chi connectivity index (χ3v) is 5.07. The molecule has 0 bridgehead atoms. The number of halogens is 1. The second-order valence-electron chi connectivity index (χ2n) is 5.68. The fraction of sp³-hybridized carbons (Fsp3) is 0.375. The van der Waals surface area contributed by atoms with Crippen molar-refractivity contribution >= 4 is 21.9 Å². The molecule has 5 heteroatoms. The predicted molar refractivity (Wildman–Crippen MR) is 84.2 cm³/mol. The number of nitrogens with zero attached hydrogens (tertiary/aromatic N) is 3. The van der Waals surface area contributed by atoms with Crippen LogP contribution in [0.15, 0.2) is 22.8 Å². The van der Waals surface area contributed by atoms with Crippen LogP contribution in [-0.4, -0.2) is 16.5 Å². The van der Waals surface area contributed by atoms with Crippen LogP contribution >= 0.6 is 15.9 Å². The molecule has 0 saturated carbocycles. The summed E-state index contributed by atoms with van der Waals surface area (Å²) in [5, 5.41) is 0. The summed E-state index contributed by atoms with van der Waals surface area (Å²) in [5.41, 5.74) is 6.26. The van der Waals surface area contributed by atoms with Gasteiger partial charge in [-0.15, -0.1) is 0 Å². The molecule has 0 atom stereocenters. The maximum Gasteiger partial charge on any atom is 0.225 e. The fourth-order valence-electron chi connectivity index (χ4n) is 2.96. The summed E-state index contributed by atoms with van der Waals surface area (Å²) in [7, 11) is 0. The average molecular weight is 346 g/mol. The van der Waals surface area contributed by atoms with Gasteiger partial charge in [0.2, 0.25) is 5.95 Å². The molecule has 0 unspecified atom stereocenters. The molecular weight excluding hydrogens is 330 g/mol. The highest BCUT2D eigenvalue weighted by Crippen LogP contribution is 2.28. The zero-order valence-electron chi connectivity index (χ0n) is 11.9. The van der Waals surface area contributed by atoms with E-state index in [1.807, 2.05) is 6.20 Å². The van der Waals surface area contributed by atoms with Crippen LogP contribution in [0.1, 0.15) is 27.9 Å². The summed E-state index contributed by atoms with van der Waals surface area (Å²) in [4.78, 5) is 11.4. The molecule has 0 spiro atoms. The minimum Gasteiger partial charge on any atom is -0.370 e. The van der Waals surface area contributed by atoms with E-state index in [1.165, 1.54) is 21.2 Å². The molecule has 4 nitrogen and oxygen atoms in total. The van der Waals surface area contributed by atoms with Gasteiger partial charge in [-0.1, -0.05) is 22.0 Å². The van der Waals surface area contributed by atoms with Crippen LogP contribution in [0.4, 0.5) is 5.95 Å². The Labute approximate surface area is 132 Å². The molecule has 2 aliphatic heterocycles. The van der Waals surface area contributed by atoms with E-state index in [-0.39, 0.29) is 0 Å². The average Bonchev–Trinajstić information content (AvgIpc) is 2.95. The van der Waals surface area contributed by atoms with E-state index in [2.05, 4.69) is 49.9 Å². The zero-order valence-corrected chi connectivity index (χ0v) is 13.5. The van der Waals surface area contributed by atoms with E-state index >= 15 is 0 Å². The van der Waals surface area contributed by atoms with Crippen LogP contribution in [0, 0.1) is 6.92 Å². The number of benzene rings is 1. The Balaban J connectivity index is 1.64. The Morgan fingerprint density at radius 2 is 2.10 bits per heavy atom. The molecule has 0 radical (unpaired) electrons. The van der Waals surface area contributed by atoms with E-state index in [0.29, 0.717) is 13.2 Å². The Morgan fingerprint density at radius 1 is 1.19 bits per heavy atom. The van der Waals surface area contributed by atoms with Gasteiger partial charge in [0.05, 0.1) is 18.9 Å². The predicted octanol–water partition coefficient (Wildman–Crippen LogP) is 3.14. The quantitative estimate of drug-likeness (QED) is 0.795. The van der Waals surface area contributed by atoms with Gasteiger partial charge in [-0.3, -0.25) is 0 Å². The van der Waals surface area contributed by atoms with Gasteiger partial charge in [-0.25, -0.2) is 9.97 Å². The van der Waals surface area contributed by atoms with Crippen molar-refractivity contribution in [3.63, 3.8) is 0 Å². The molecule has 2 aromatic rings. The van der Waals surface area contributed by atoms with Gasteiger partial charge < -0.3 is 9.64 Å². The highest BCUT2D eigenvalue weighted by molar-refractivity contribution is 9.10. The lowest BCUT2D eigenvalue weighted by molar-refractivity contribution is 0.133. The summed E-state index contributed by atoms with van der Waals surface area (Å²) < 4.78 is 6.59. The first-order chi connectivity index (χ1) is 10.2. The van der Waals surface area contributed by atoms with Crippen molar-refractivity contribution in [2.45, 2.75) is 33.1 Å². The summed E-state index contributed by atoms with van der Waals surface area (Å²) in [6, 6.07) is 4.52. The van der Waals surface area contributed by atoms with E-state index < -0.39 is 0 Å². The first-order valence-electron chi connectivity index (χ1n) is 7.16. The van der Waals surface area contributed by atoms with Crippen LogP contribution in [0.2, 0.25) is 0 Å². The van der Waals surface area contributed by atoms with Crippen molar-refractivity contribution in [3.8, 4) is 0 Å². The summed E-state index contributed by atoms with van der Waals surface area (Å²) >= 11 is 3.62. The molecule has 0 aliphatic carbocycles. The Hall–Kier alpha value is -1.46. The largest absolute Gasteiger partial charge is 0.370 e. The molecule has 1 aromatic carbocycles. The van der Waals surface area contributed by atoms with Crippen molar-refractivity contribution in [3.05, 3.63) is 50.8 Å². The van der Waals surface area contributed by atoms with Crippen molar-refractivity contribution in [2.75, 3.05) is 11.4 Å². The van der Waals surface area contributed by atoms with Gasteiger partial charge in [0.25, 0.3) is 0 Å². The second kappa shape index (κ2) is 5.07. The number of aromatic nitrogens is 2. The first-order valence-corrected chi connectivity index (χ1v) is 7.95. The number of hydrogen-bond donors (Lipinski definition) is 0. The number of rotatable bonds is 1. The molecule has 2 aliphatic rings. The molecule has 0 saturated heterocycles. The van der Waals surface area contributed by atoms with Crippen molar-refractivity contribution in [1.29, 1.82) is 0 Å². The van der Waals surface area contributed by atoms with Gasteiger partial charge in [-0.2, -0.15) is 0 Å². The van der Waals surface area contributed by atoms with Crippen molar-refractivity contribution in [1.82, 2.24) is 9.97 Å². The summed E-state index contributed by atoms with van der Waals surface area (Å²) in [5.74, 6) is 0.821. The van der Waals surface area contributed by atoms with E-state index in [1.54, 1.807) is 0 Å². The van der Waals surface area contributed by atoms with Gasteiger partial charge >= 0.3 is 0 Å². The third kappa shape index (κ3) is 2.34. The number of ether oxygens (including phenoxy) is 1. The Bertz CT molecular complexity index is 717. The van der Waals surface area contributed by atoms with Crippen LogP contribution < -0.4 is 4.90 Å². The first kappa shape index (κ1) is 13.2. The van der Waals surface area contributed by atoms with Gasteiger partial charge in [0.1, 0.15) is 0 Å². The molecule has 0 N–H and O–H groups in total. The zero-order chi connectivity index (χ0) is 14.4. The highest BCUT2D eigenvalue weighted by Gasteiger charge is 2.21. The molecular formula is C16H16BrN3O. The molecule has 1 aromatic heterocycles. The minimum atomic E-state index is 0.611. The van der Waals surface area contributed by atoms with E-state index in [0.717, 1.165) is 36.7 Å². The SMILES string of the molecule is Cc1cc2c(cc1Br)CN(c1ncc3c(n1)COC3)CC2. The number of fused-ring (bicyclic) bond motifs is 2. The van der Waals surface area contributed by atoms with E-state index in [4.69, 9.17) is 4.74 Å². The smallest absolute Gasteiger partial charge is 0.225 e. The lowest BCUT2D eigenvalue weighted by atomic mass is 9.98. The lowest BCUT2D eigenvalue weighted by Gasteiger charge is -2.29. The maximum absolute atomic E-state index is 5.42. The van der Waals surface area contributed by atoms with Crippen LogP contribution in [0.5, 0.6) is 0 Å². The second-order valence-corrected chi connectivity index (χ2v) is 6.53. The third-order valence-electron chi connectivity index (χ3n) is 4.21. The molecule has 21 heavy (non-hydrogen) atoms. The normalized spacial score (nSPS) is 16.8. The van der Waals surface area contributed by atoms with Crippen LogP contribution in [0.25, 0.3) is 0 Å². The molecule has 0 amide bonds. The lowest BCUT2D eigenvalue weighted by Crippen LogP contribution is -2.32. The number of anilines is 1. The standard InChI is InChI=1S/C16H16BrN3O/c1-10-4-11-2-3-20(7-12(11)5-14(10)17)16-18-6-13-8-21-9-15(13)19-16/h4-6H,2-3,7-9H2,1H3. The molecule has 108 valence electrons. The maximum atomic E-state index is 5.42. The summed E-state index contributed by atoms with van der Waals surface area (Å²) in [6.07, 6.45) is 2.95. The van der Waals surface area contributed by atoms with E-state index in [9.17, 15) is 0 Å². The topological polar surface area (TPSA) is 38.2 Å². The van der Waals surface area contributed by atoms with Gasteiger partial charge in [0.15, 0.2) is 0 Å². The minimum absolute atomic E-state index is 0.611. The Kier molecular flexibility index (Phi) is 3.19. The monoisotopic (exact) mass is 345 g/mol. The highest BCUT2D eigenvalue weighted by atomic mass is 79.9. The molecule has 4 rings (SSSR count). The molecule has 0 fully saturated rings. The van der Waals surface area contributed by atoms with Crippen molar-refractivity contribution in [2.24, 2.45) is 0 Å². The number of aryl methyl sites for hydroxylation is 1. The Morgan fingerprint density at radius 3 is 3.00 bits per heavy atom. The van der Waals surface area contributed by atoms with Crippen LogP contribution in [-0.2, 0) is 30.9 Å². The van der Waals surface area contributed by atoms with Crippen LogP contribution in [0.3, 0.4) is 0 Å². The van der Waals surface area contributed by atoms with Crippen molar-refractivity contribution < 1.29 is 4.74 Å². The molecule has 3 heterocycles. The van der Waals surface area contributed by atoms with Gasteiger partial charge in [0, 0.05) is 29.3 Å². The summed E-state index contributed by atoms with van der Waals surface area (Å²) in [6.45, 7) is 5.23. The fourth-order valence-corrected chi connectivity index (χ4v) is 3.35.